The molecule has 4 rings (SSSR count). The first-order valence-electron chi connectivity index (χ1n) is 9.61. The van der Waals surface area contributed by atoms with Crippen LogP contribution in [0.2, 0.25) is 5.02 Å². The Morgan fingerprint density at radius 3 is 2.37 bits per heavy atom. The zero-order valence-corrected chi connectivity index (χ0v) is 16.2. The molecule has 138 valence electrons. The van der Waals surface area contributed by atoms with E-state index in [1.165, 1.54) is 16.7 Å². The van der Waals surface area contributed by atoms with E-state index in [9.17, 15) is 0 Å². The van der Waals surface area contributed by atoms with E-state index in [0.29, 0.717) is 6.04 Å². The normalized spacial score (nSPS) is 17.7. The third kappa shape index (κ3) is 4.78. The molecule has 0 unspecified atom stereocenters. The average molecular weight is 377 g/mol. The lowest BCUT2D eigenvalue weighted by Crippen LogP contribution is -2.51. The Balaban J connectivity index is 1.38. The van der Waals surface area contributed by atoms with E-state index in [1.54, 1.807) is 0 Å². The van der Waals surface area contributed by atoms with Crippen molar-refractivity contribution in [3.05, 3.63) is 95.0 Å². The SMILES string of the molecule is Clc1ccccc1-c1ccc(CN2CCN[C@H](Cc3ccccc3)C2)cc1. The van der Waals surface area contributed by atoms with Gasteiger partial charge in [0.2, 0.25) is 0 Å². The van der Waals surface area contributed by atoms with Gasteiger partial charge in [-0.1, -0.05) is 84.4 Å². The second kappa shape index (κ2) is 8.71. The molecule has 1 fully saturated rings. The molecule has 0 amide bonds. The lowest BCUT2D eigenvalue weighted by Gasteiger charge is -2.34. The molecular weight excluding hydrogens is 352 g/mol. The summed E-state index contributed by atoms with van der Waals surface area (Å²) in [7, 11) is 0. The zero-order chi connectivity index (χ0) is 18.5. The summed E-state index contributed by atoms with van der Waals surface area (Å²) in [6, 6.07) is 28.1. The predicted octanol–water partition coefficient (Wildman–Crippen LogP) is 5.02. The first-order chi connectivity index (χ1) is 13.3. The first kappa shape index (κ1) is 18.2. The van der Waals surface area contributed by atoms with E-state index in [-0.39, 0.29) is 0 Å². The zero-order valence-electron chi connectivity index (χ0n) is 15.4. The van der Waals surface area contributed by atoms with Crippen LogP contribution in [0.4, 0.5) is 0 Å². The predicted molar refractivity (Wildman–Crippen MR) is 114 cm³/mol. The molecule has 3 aromatic rings. The maximum Gasteiger partial charge on any atom is 0.0484 e. The molecule has 3 aromatic carbocycles. The van der Waals surface area contributed by atoms with Gasteiger partial charge in [0, 0.05) is 42.8 Å². The highest BCUT2D eigenvalue weighted by Crippen LogP contribution is 2.27. The number of nitrogens with one attached hydrogen (secondary N) is 1. The van der Waals surface area contributed by atoms with Gasteiger partial charge in [0.15, 0.2) is 0 Å². The van der Waals surface area contributed by atoms with Gasteiger partial charge in [-0.15, -0.1) is 0 Å². The quantitative estimate of drug-likeness (QED) is 0.672. The molecule has 1 N–H and O–H groups in total. The molecule has 0 aromatic heterocycles. The summed E-state index contributed by atoms with van der Waals surface area (Å²) in [4.78, 5) is 2.55. The van der Waals surface area contributed by atoms with Crippen LogP contribution in [0, 0.1) is 0 Å². The van der Waals surface area contributed by atoms with Crippen LogP contribution in [0.25, 0.3) is 11.1 Å². The summed E-state index contributed by atoms with van der Waals surface area (Å²) in [6.45, 7) is 4.23. The summed E-state index contributed by atoms with van der Waals surface area (Å²) < 4.78 is 0. The number of hydrogen-bond acceptors (Lipinski definition) is 2. The molecule has 1 atom stereocenters. The lowest BCUT2D eigenvalue weighted by molar-refractivity contribution is 0.192. The first-order valence-corrected chi connectivity index (χ1v) is 9.99. The molecule has 0 aliphatic carbocycles. The fourth-order valence-electron chi connectivity index (χ4n) is 3.82. The van der Waals surface area contributed by atoms with Gasteiger partial charge >= 0.3 is 0 Å². The van der Waals surface area contributed by atoms with Crippen molar-refractivity contribution in [1.82, 2.24) is 10.2 Å². The van der Waals surface area contributed by atoms with E-state index >= 15 is 0 Å². The molecular formula is C24H25ClN2. The minimum atomic E-state index is 0.517. The Morgan fingerprint density at radius 1 is 0.852 bits per heavy atom. The molecule has 0 spiro atoms. The van der Waals surface area contributed by atoms with Gasteiger partial charge in [-0.2, -0.15) is 0 Å². The van der Waals surface area contributed by atoms with Crippen LogP contribution >= 0.6 is 11.6 Å². The standard InChI is InChI=1S/C24H25ClN2/c25-24-9-5-4-8-23(24)21-12-10-20(11-13-21)17-27-15-14-26-22(18-27)16-19-6-2-1-3-7-19/h1-13,22,26H,14-18H2/t22-/m1/s1. The monoisotopic (exact) mass is 376 g/mol. The van der Waals surface area contributed by atoms with Gasteiger partial charge in [-0.25, -0.2) is 0 Å². The third-order valence-electron chi connectivity index (χ3n) is 5.21. The van der Waals surface area contributed by atoms with Crippen molar-refractivity contribution in [2.75, 3.05) is 19.6 Å². The average Bonchev–Trinajstić information content (AvgIpc) is 2.70. The van der Waals surface area contributed by atoms with Crippen LogP contribution in [0.15, 0.2) is 78.9 Å². The molecule has 0 saturated carbocycles. The number of nitrogens with zero attached hydrogens (tertiary/aromatic N) is 1. The topological polar surface area (TPSA) is 15.3 Å². The molecule has 1 saturated heterocycles. The van der Waals surface area contributed by atoms with Gasteiger partial charge < -0.3 is 5.32 Å². The second-order valence-corrected chi connectivity index (χ2v) is 7.66. The van der Waals surface area contributed by atoms with Crippen molar-refractivity contribution >= 4 is 11.6 Å². The molecule has 1 aliphatic rings. The van der Waals surface area contributed by atoms with Gasteiger partial charge in [0.1, 0.15) is 0 Å². The maximum atomic E-state index is 6.32. The molecule has 1 aliphatic heterocycles. The summed E-state index contributed by atoms with van der Waals surface area (Å²) in [5.41, 5.74) is 5.02. The summed E-state index contributed by atoms with van der Waals surface area (Å²) in [5.74, 6) is 0. The van der Waals surface area contributed by atoms with Crippen LogP contribution < -0.4 is 5.32 Å². The molecule has 2 nitrogen and oxygen atoms in total. The van der Waals surface area contributed by atoms with E-state index < -0.39 is 0 Å². The van der Waals surface area contributed by atoms with E-state index in [0.717, 1.165) is 43.2 Å². The van der Waals surface area contributed by atoms with E-state index in [1.807, 2.05) is 18.2 Å². The largest absolute Gasteiger partial charge is 0.311 e. The van der Waals surface area contributed by atoms with Gasteiger partial charge in [-0.05, 0) is 29.2 Å². The highest BCUT2D eigenvalue weighted by atomic mass is 35.5. The Morgan fingerprint density at radius 2 is 1.59 bits per heavy atom. The van der Waals surface area contributed by atoms with Gasteiger partial charge in [0.05, 0.1) is 0 Å². The minimum Gasteiger partial charge on any atom is -0.311 e. The van der Waals surface area contributed by atoms with E-state index in [2.05, 4.69) is 70.9 Å². The van der Waals surface area contributed by atoms with Crippen molar-refractivity contribution < 1.29 is 0 Å². The van der Waals surface area contributed by atoms with Crippen LogP contribution in [0.3, 0.4) is 0 Å². The fraction of sp³-hybridized carbons (Fsp3) is 0.250. The molecule has 27 heavy (non-hydrogen) atoms. The van der Waals surface area contributed by atoms with Crippen LogP contribution in [-0.4, -0.2) is 30.6 Å². The Bertz CT molecular complexity index is 861. The van der Waals surface area contributed by atoms with Crippen LogP contribution in [0.5, 0.6) is 0 Å². The molecule has 1 heterocycles. The molecule has 0 bridgehead atoms. The number of piperazine rings is 1. The van der Waals surface area contributed by atoms with Crippen molar-refractivity contribution in [1.29, 1.82) is 0 Å². The number of benzene rings is 3. The van der Waals surface area contributed by atoms with Crippen LogP contribution in [0.1, 0.15) is 11.1 Å². The number of halogens is 1. The Hall–Kier alpha value is -2.13. The number of rotatable bonds is 5. The Kier molecular flexibility index (Phi) is 5.88. The van der Waals surface area contributed by atoms with E-state index in [4.69, 9.17) is 11.6 Å². The summed E-state index contributed by atoms with van der Waals surface area (Å²) >= 11 is 6.32. The summed E-state index contributed by atoms with van der Waals surface area (Å²) in [6.07, 6.45) is 1.09. The smallest absolute Gasteiger partial charge is 0.0484 e. The molecule has 3 heteroatoms. The van der Waals surface area contributed by atoms with Crippen molar-refractivity contribution in [3.63, 3.8) is 0 Å². The highest BCUT2D eigenvalue weighted by molar-refractivity contribution is 6.33. The number of hydrogen-bond donors (Lipinski definition) is 1. The van der Waals surface area contributed by atoms with Crippen LogP contribution in [-0.2, 0) is 13.0 Å². The maximum absolute atomic E-state index is 6.32. The summed E-state index contributed by atoms with van der Waals surface area (Å²) in [5, 5.41) is 4.47. The van der Waals surface area contributed by atoms with Gasteiger partial charge in [-0.3, -0.25) is 4.90 Å². The van der Waals surface area contributed by atoms with Gasteiger partial charge in [0.25, 0.3) is 0 Å². The second-order valence-electron chi connectivity index (χ2n) is 7.25. The lowest BCUT2D eigenvalue weighted by atomic mass is 10.0. The minimum absolute atomic E-state index is 0.517. The highest BCUT2D eigenvalue weighted by Gasteiger charge is 2.19. The van der Waals surface area contributed by atoms with Crippen molar-refractivity contribution in [2.45, 2.75) is 19.0 Å². The molecule has 0 radical (unpaired) electrons. The van der Waals surface area contributed by atoms with Crippen molar-refractivity contribution in [3.8, 4) is 11.1 Å². The fourth-order valence-corrected chi connectivity index (χ4v) is 4.06. The van der Waals surface area contributed by atoms with Crippen molar-refractivity contribution in [2.24, 2.45) is 0 Å². The Labute approximate surface area is 166 Å². The third-order valence-corrected chi connectivity index (χ3v) is 5.54.